The molecule has 0 amide bonds. The Morgan fingerprint density at radius 2 is 1.81 bits per heavy atom. The highest BCUT2D eigenvalue weighted by Crippen LogP contribution is 2.31. The van der Waals surface area contributed by atoms with Crippen LogP contribution >= 0.6 is 0 Å². The van der Waals surface area contributed by atoms with Crippen LogP contribution in [0.25, 0.3) is 0 Å². The van der Waals surface area contributed by atoms with Crippen molar-refractivity contribution in [1.29, 1.82) is 0 Å². The minimum absolute atomic E-state index is 0.0647. The number of Topliss-reactive ketones (excluding diaryl/α,β-unsaturated/α-hetero) is 1. The van der Waals surface area contributed by atoms with Crippen molar-refractivity contribution in [3.05, 3.63) is 59.7 Å². The zero-order chi connectivity index (χ0) is 15.5. The van der Waals surface area contributed by atoms with Gasteiger partial charge in [0.05, 0.1) is 5.56 Å². The van der Waals surface area contributed by atoms with Gasteiger partial charge in [0, 0.05) is 23.4 Å². The van der Waals surface area contributed by atoms with E-state index in [1.54, 1.807) is 31.2 Å². The quantitative estimate of drug-likeness (QED) is 0.800. The van der Waals surface area contributed by atoms with Crippen molar-refractivity contribution in [2.24, 2.45) is 0 Å². The van der Waals surface area contributed by atoms with Gasteiger partial charge in [-0.3, -0.25) is 4.79 Å². The van der Waals surface area contributed by atoms with E-state index in [9.17, 15) is 18.0 Å². The second-order valence-electron chi connectivity index (χ2n) is 4.53. The molecule has 2 aromatic rings. The Bertz CT molecular complexity index is 650. The lowest BCUT2D eigenvalue weighted by atomic mass is 10.1. The molecule has 1 N–H and O–H groups in total. The number of hydrogen-bond donors (Lipinski definition) is 1. The molecule has 0 heterocycles. The Morgan fingerprint density at radius 1 is 1.10 bits per heavy atom. The van der Waals surface area contributed by atoms with E-state index >= 15 is 0 Å². The molecule has 21 heavy (non-hydrogen) atoms. The first kappa shape index (κ1) is 15.1. The van der Waals surface area contributed by atoms with Gasteiger partial charge >= 0.3 is 6.18 Å². The summed E-state index contributed by atoms with van der Waals surface area (Å²) in [4.78, 5) is 11.8. The van der Waals surface area contributed by atoms with E-state index in [1.165, 1.54) is 12.1 Å². The first-order valence-corrected chi connectivity index (χ1v) is 6.48. The zero-order valence-corrected chi connectivity index (χ0v) is 11.4. The van der Waals surface area contributed by atoms with Crippen molar-refractivity contribution in [1.82, 2.24) is 0 Å². The van der Waals surface area contributed by atoms with Crippen molar-refractivity contribution in [2.75, 3.05) is 5.32 Å². The van der Waals surface area contributed by atoms with Crippen molar-refractivity contribution >= 4 is 17.2 Å². The lowest BCUT2D eigenvalue weighted by Crippen LogP contribution is -2.06. The fourth-order valence-corrected chi connectivity index (χ4v) is 1.95. The van der Waals surface area contributed by atoms with Crippen LogP contribution in [0.2, 0.25) is 0 Å². The maximum atomic E-state index is 12.7. The zero-order valence-electron chi connectivity index (χ0n) is 11.4. The predicted octanol–water partition coefficient (Wildman–Crippen LogP) is 5.04. The van der Waals surface area contributed by atoms with Crippen molar-refractivity contribution in [2.45, 2.75) is 19.5 Å². The number of nitrogens with one attached hydrogen (secondary N) is 1. The highest BCUT2D eigenvalue weighted by molar-refractivity contribution is 6.01. The van der Waals surface area contributed by atoms with Gasteiger partial charge in [0.2, 0.25) is 0 Å². The van der Waals surface area contributed by atoms with E-state index in [0.29, 0.717) is 23.4 Å². The van der Waals surface area contributed by atoms with Crippen LogP contribution in [-0.4, -0.2) is 5.78 Å². The molecule has 0 saturated heterocycles. The molecule has 0 fully saturated rings. The topological polar surface area (TPSA) is 29.1 Å². The van der Waals surface area contributed by atoms with Crippen LogP contribution in [0.4, 0.5) is 24.5 Å². The fourth-order valence-electron chi connectivity index (χ4n) is 1.95. The molecule has 0 bridgehead atoms. The Balaban J connectivity index is 2.33. The normalized spacial score (nSPS) is 11.2. The Labute approximate surface area is 120 Å². The average Bonchev–Trinajstić information content (AvgIpc) is 2.46. The van der Waals surface area contributed by atoms with Crippen molar-refractivity contribution in [3.63, 3.8) is 0 Å². The monoisotopic (exact) mass is 293 g/mol. The minimum atomic E-state index is -4.39. The number of rotatable bonds is 4. The summed E-state index contributed by atoms with van der Waals surface area (Å²) >= 11 is 0. The predicted molar refractivity (Wildman–Crippen MR) is 75.8 cm³/mol. The summed E-state index contributed by atoms with van der Waals surface area (Å²) in [6.07, 6.45) is -4.06. The molecule has 0 spiro atoms. The van der Waals surface area contributed by atoms with E-state index in [4.69, 9.17) is 0 Å². The first-order chi connectivity index (χ1) is 9.91. The van der Waals surface area contributed by atoms with Gasteiger partial charge in [-0.1, -0.05) is 25.1 Å². The van der Waals surface area contributed by atoms with Crippen LogP contribution in [0.1, 0.15) is 29.3 Å². The van der Waals surface area contributed by atoms with E-state index in [2.05, 4.69) is 5.32 Å². The maximum absolute atomic E-state index is 12.7. The summed E-state index contributed by atoms with van der Waals surface area (Å²) in [6.45, 7) is 1.74. The van der Waals surface area contributed by atoms with E-state index in [0.717, 1.165) is 12.1 Å². The molecule has 0 aliphatic carbocycles. The van der Waals surface area contributed by atoms with Crippen molar-refractivity contribution < 1.29 is 18.0 Å². The number of ketones is 1. The van der Waals surface area contributed by atoms with Crippen molar-refractivity contribution in [3.8, 4) is 0 Å². The smallest absolute Gasteiger partial charge is 0.355 e. The second-order valence-corrected chi connectivity index (χ2v) is 4.53. The molecule has 2 nitrogen and oxygen atoms in total. The molecule has 110 valence electrons. The number of carbonyl (C=O) groups is 1. The first-order valence-electron chi connectivity index (χ1n) is 6.48. The number of anilines is 2. The molecular formula is C16H14F3NO. The highest BCUT2D eigenvalue weighted by Gasteiger charge is 2.30. The Kier molecular flexibility index (Phi) is 4.31. The maximum Gasteiger partial charge on any atom is 0.416 e. The number of para-hydroxylation sites is 1. The lowest BCUT2D eigenvalue weighted by molar-refractivity contribution is -0.137. The van der Waals surface area contributed by atoms with E-state index in [-0.39, 0.29) is 5.78 Å². The Morgan fingerprint density at radius 3 is 2.48 bits per heavy atom. The van der Waals surface area contributed by atoms with Gasteiger partial charge in [0.25, 0.3) is 0 Å². The largest absolute Gasteiger partial charge is 0.416 e. The number of carbonyl (C=O) groups excluding carboxylic acids is 1. The molecule has 0 aliphatic heterocycles. The molecule has 0 aliphatic rings. The number of hydrogen-bond acceptors (Lipinski definition) is 2. The van der Waals surface area contributed by atoms with Gasteiger partial charge in [0.15, 0.2) is 5.78 Å². The van der Waals surface area contributed by atoms with Gasteiger partial charge in [-0.15, -0.1) is 0 Å². The summed E-state index contributed by atoms with van der Waals surface area (Å²) in [5.41, 5.74) is 0.536. The summed E-state index contributed by atoms with van der Waals surface area (Å²) in [7, 11) is 0. The third kappa shape index (κ3) is 3.62. The van der Waals surface area contributed by atoms with Gasteiger partial charge < -0.3 is 5.32 Å². The molecule has 0 saturated carbocycles. The molecule has 2 rings (SSSR count). The van der Waals surface area contributed by atoms with Gasteiger partial charge in [-0.05, 0) is 30.3 Å². The fraction of sp³-hybridized carbons (Fsp3) is 0.188. The summed E-state index contributed by atoms with van der Waals surface area (Å²) < 4.78 is 38.1. The number of benzene rings is 2. The van der Waals surface area contributed by atoms with Gasteiger partial charge in [-0.2, -0.15) is 13.2 Å². The van der Waals surface area contributed by atoms with Crippen LogP contribution in [0.5, 0.6) is 0 Å². The van der Waals surface area contributed by atoms with E-state index in [1.807, 2.05) is 0 Å². The number of halogens is 3. The summed E-state index contributed by atoms with van der Waals surface area (Å²) in [5, 5.41) is 2.88. The molecular weight excluding hydrogens is 279 g/mol. The molecule has 0 atom stereocenters. The lowest BCUT2D eigenvalue weighted by Gasteiger charge is -2.13. The van der Waals surface area contributed by atoms with Gasteiger partial charge in [0.1, 0.15) is 0 Å². The number of alkyl halides is 3. The third-order valence-electron chi connectivity index (χ3n) is 3.02. The molecule has 0 radical (unpaired) electrons. The summed E-state index contributed by atoms with van der Waals surface area (Å²) in [5.74, 6) is -0.0647. The minimum Gasteiger partial charge on any atom is -0.355 e. The average molecular weight is 293 g/mol. The SMILES string of the molecule is CCC(=O)c1ccccc1Nc1cccc(C(F)(F)F)c1. The van der Waals surface area contributed by atoms with Crippen LogP contribution in [0, 0.1) is 0 Å². The van der Waals surface area contributed by atoms with Crippen LogP contribution in [0.3, 0.4) is 0 Å². The molecule has 5 heteroatoms. The third-order valence-corrected chi connectivity index (χ3v) is 3.02. The highest BCUT2D eigenvalue weighted by atomic mass is 19.4. The van der Waals surface area contributed by atoms with Crippen LogP contribution in [0.15, 0.2) is 48.5 Å². The summed E-state index contributed by atoms with van der Waals surface area (Å²) in [6, 6.07) is 11.7. The Hall–Kier alpha value is -2.30. The molecule has 2 aromatic carbocycles. The van der Waals surface area contributed by atoms with Gasteiger partial charge in [-0.25, -0.2) is 0 Å². The van der Waals surface area contributed by atoms with E-state index < -0.39 is 11.7 Å². The second kappa shape index (κ2) is 5.99. The van der Waals surface area contributed by atoms with Crippen LogP contribution in [-0.2, 0) is 6.18 Å². The standard InChI is InChI=1S/C16H14F3NO/c1-2-15(21)13-8-3-4-9-14(13)20-12-7-5-6-11(10-12)16(17,18)19/h3-10,20H,2H2,1H3. The van der Waals surface area contributed by atoms with Crippen LogP contribution < -0.4 is 5.32 Å². The molecule has 0 unspecified atom stereocenters. The molecule has 0 aromatic heterocycles.